The first-order valence-corrected chi connectivity index (χ1v) is 6.74. The Kier molecular flexibility index (Phi) is 4.61. The lowest BCUT2D eigenvalue weighted by Gasteiger charge is -2.14. The zero-order valence-electron chi connectivity index (χ0n) is 11.7. The average Bonchev–Trinajstić information content (AvgIpc) is 3.21. The first-order valence-electron chi connectivity index (χ1n) is 6.74. The molecule has 1 aliphatic rings. The minimum Gasteiger partial charge on any atom is -0.482 e. The van der Waals surface area contributed by atoms with Gasteiger partial charge in [0, 0.05) is 6.04 Å². The van der Waals surface area contributed by atoms with E-state index in [-0.39, 0.29) is 18.6 Å². The van der Waals surface area contributed by atoms with Gasteiger partial charge >= 0.3 is 5.97 Å². The quantitative estimate of drug-likeness (QED) is 0.802. The number of hydrogen-bond acceptors (Lipinski definition) is 4. The number of aryl methyl sites for hydroxylation is 1. The number of hydrogen-bond donors (Lipinski definition) is 1. The van der Waals surface area contributed by atoms with Crippen LogP contribution in [0.25, 0.3) is 0 Å². The Bertz CT molecular complexity index is 496. The molecule has 1 amide bonds. The van der Waals surface area contributed by atoms with E-state index in [1.807, 2.05) is 25.1 Å². The summed E-state index contributed by atoms with van der Waals surface area (Å²) in [5.74, 6) is -0.164. The number of esters is 1. The molecule has 1 aliphatic carbocycles. The van der Waals surface area contributed by atoms with Crippen molar-refractivity contribution >= 4 is 11.9 Å². The summed E-state index contributed by atoms with van der Waals surface area (Å²) in [7, 11) is 0. The first-order chi connectivity index (χ1) is 9.56. The molecule has 2 rings (SSSR count). The van der Waals surface area contributed by atoms with Crippen LogP contribution in [0, 0.1) is 6.92 Å². The highest BCUT2D eigenvalue weighted by molar-refractivity contribution is 5.84. The van der Waals surface area contributed by atoms with Crippen molar-refractivity contribution in [2.24, 2.45) is 0 Å². The van der Waals surface area contributed by atoms with Gasteiger partial charge in [-0.05, 0) is 38.3 Å². The van der Waals surface area contributed by atoms with Crippen LogP contribution in [-0.4, -0.2) is 30.6 Å². The third kappa shape index (κ3) is 4.26. The van der Waals surface area contributed by atoms with Crippen LogP contribution in [0.5, 0.6) is 5.75 Å². The molecule has 1 N–H and O–H groups in total. The van der Waals surface area contributed by atoms with Gasteiger partial charge in [-0.3, -0.25) is 4.79 Å². The average molecular weight is 277 g/mol. The van der Waals surface area contributed by atoms with Crippen molar-refractivity contribution in [2.75, 3.05) is 6.61 Å². The van der Waals surface area contributed by atoms with Gasteiger partial charge in [-0.1, -0.05) is 18.2 Å². The number of rotatable bonds is 6. The molecule has 108 valence electrons. The molecule has 1 fully saturated rings. The van der Waals surface area contributed by atoms with Crippen LogP contribution in [0.1, 0.15) is 25.3 Å². The van der Waals surface area contributed by atoms with E-state index in [9.17, 15) is 9.59 Å². The summed E-state index contributed by atoms with van der Waals surface area (Å²) in [6, 6.07) is 7.66. The Morgan fingerprint density at radius 3 is 2.70 bits per heavy atom. The Morgan fingerprint density at radius 1 is 1.35 bits per heavy atom. The maximum atomic E-state index is 11.6. The molecule has 0 spiro atoms. The minimum atomic E-state index is -0.788. The molecule has 1 atom stereocenters. The lowest BCUT2D eigenvalue weighted by Crippen LogP contribution is -2.37. The summed E-state index contributed by atoms with van der Waals surface area (Å²) >= 11 is 0. The molecule has 0 saturated heterocycles. The van der Waals surface area contributed by atoms with Gasteiger partial charge in [0.1, 0.15) is 5.75 Å². The molecule has 1 aromatic carbocycles. The molecule has 0 heterocycles. The summed E-state index contributed by atoms with van der Waals surface area (Å²) < 4.78 is 10.4. The number of ether oxygens (including phenoxy) is 2. The Labute approximate surface area is 118 Å². The maximum Gasteiger partial charge on any atom is 0.344 e. The monoisotopic (exact) mass is 277 g/mol. The van der Waals surface area contributed by atoms with Gasteiger partial charge in [0.25, 0.3) is 5.91 Å². The van der Waals surface area contributed by atoms with E-state index in [1.165, 1.54) is 0 Å². The molecule has 5 heteroatoms. The number of carbonyl (C=O) groups is 2. The van der Waals surface area contributed by atoms with Crippen molar-refractivity contribution < 1.29 is 19.1 Å². The van der Waals surface area contributed by atoms with E-state index < -0.39 is 12.1 Å². The van der Waals surface area contributed by atoms with Crippen LogP contribution in [0.4, 0.5) is 0 Å². The fraction of sp³-hybridized carbons (Fsp3) is 0.467. The highest BCUT2D eigenvalue weighted by atomic mass is 16.6. The molecule has 1 saturated carbocycles. The Hall–Kier alpha value is -2.04. The van der Waals surface area contributed by atoms with Crippen LogP contribution in [0.3, 0.4) is 0 Å². The smallest absolute Gasteiger partial charge is 0.344 e. The van der Waals surface area contributed by atoms with E-state index in [2.05, 4.69) is 5.32 Å². The number of carbonyl (C=O) groups excluding carboxylic acids is 2. The largest absolute Gasteiger partial charge is 0.482 e. The van der Waals surface area contributed by atoms with Crippen LogP contribution in [0.2, 0.25) is 0 Å². The van der Waals surface area contributed by atoms with E-state index in [1.54, 1.807) is 13.0 Å². The predicted octanol–water partition coefficient (Wildman–Crippen LogP) is 1.58. The number of benzene rings is 1. The molecule has 0 aliphatic heterocycles. The predicted molar refractivity (Wildman–Crippen MR) is 73.4 cm³/mol. The van der Waals surface area contributed by atoms with Gasteiger partial charge < -0.3 is 14.8 Å². The van der Waals surface area contributed by atoms with Crippen LogP contribution in [0.15, 0.2) is 24.3 Å². The van der Waals surface area contributed by atoms with Crippen LogP contribution < -0.4 is 10.1 Å². The molecule has 0 bridgehead atoms. The van der Waals surface area contributed by atoms with E-state index in [4.69, 9.17) is 9.47 Å². The topological polar surface area (TPSA) is 64.6 Å². The van der Waals surface area contributed by atoms with Crippen molar-refractivity contribution in [2.45, 2.75) is 38.8 Å². The fourth-order valence-electron chi connectivity index (χ4n) is 1.69. The standard InChI is InChI=1S/C15H19NO4/c1-10-5-3-4-6-13(10)19-9-14(17)20-11(2)15(18)16-12-7-8-12/h3-6,11-12H,7-9H2,1-2H3,(H,16,18). The van der Waals surface area contributed by atoms with Crippen molar-refractivity contribution in [1.29, 1.82) is 0 Å². The molecule has 20 heavy (non-hydrogen) atoms. The zero-order chi connectivity index (χ0) is 14.5. The second-order valence-electron chi connectivity index (χ2n) is 4.97. The fourth-order valence-corrected chi connectivity index (χ4v) is 1.69. The van der Waals surface area contributed by atoms with E-state index >= 15 is 0 Å². The third-order valence-corrected chi connectivity index (χ3v) is 3.04. The molecule has 5 nitrogen and oxygen atoms in total. The van der Waals surface area contributed by atoms with Gasteiger partial charge in [-0.2, -0.15) is 0 Å². The normalized spacial score (nSPS) is 15.3. The van der Waals surface area contributed by atoms with Crippen molar-refractivity contribution in [1.82, 2.24) is 5.32 Å². The van der Waals surface area contributed by atoms with E-state index in [0.29, 0.717) is 5.75 Å². The summed E-state index contributed by atoms with van der Waals surface area (Å²) in [6.07, 6.45) is 1.22. The van der Waals surface area contributed by atoms with Gasteiger partial charge in [-0.25, -0.2) is 4.79 Å². The molecule has 0 radical (unpaired) electrons. The van der Waals surface area contributed by atoms with Crippen molar-refractivity contribution in [3.63, 3.8) is 0 Å². The molecular formula is C15H19NO4. The summed E-state index contributed by atoms with van der Waals surface area (Å²) in [4.78, 5) is 23.2. The Balaban J connectivity index is 1.74. The van der Waals surface area contributed by atoms with Crippen LogP contribution in [-0.2, 0) is 14.3 Å². The summed E-state index contributed by atoms with van der Waals surface area (Å²) in [5.41, 5.74) is 0.944. The van der Waals surface area contributed by atoms with Gasteiger partial charge in [0.15, 0.2) is 12.7 Å². The number of para-hydroxylation sites is 1. The second kappa shape index (κ2) is 6.41. The van der Waals surface area contributed by atoms with E-state index in [0.717, 1.165) is 18.4 Å². The molecule has 1 aromatic rings. The highest BCUT2D eigenvalue weighted by Crippen LogP contribution is 2.19. The highest BCUT2D eigenvalue weighted by Gasteiger charge is 2.27. The van der Waals surface area contributed by atoms with Crippen molar-refractivity contribution in [3.05, 3.63) is 29.8 Å². The first kappa shape index (κ1) is 14.4. The van der Waals surface area contributed by atoms with Gasteiger partial charge in [-0.15, -0.1) is 0 Å². The minimum absolute atomic E-state index is 0.202. The lowest BCUT2D eigenvalue weighted by atomic mass is 10.2. The second-order valence-corrected chi connectivity index (χ2v) is 4.97. The summed E-state index contributed by atoms with van der Waals surface area (Å²) in [5, 5.41) is 2.78. The SMILES string of the molecule is Cc1ccccc1OCC(=O)OC(C)C(=O)NC1CC1. The molecule has 1 unspecified atom stereocenters. The number of nitrogens with one attached hydrogen (secondary N) is 1. The Morgan fingerprint density at radius 2 is 2.05 bits per heavy atom. The third-order valence-electron chi connectivity index (χ3n) is 3.04. The molecule has 0 aromatic heterocycles. The summed E-state index contributed by atoms with van der Waals surface area (Å²) in [6.45, 7) is 3.25. The van der Waals surface area contributed by atoms with Gasteiger partial charge in [0.05, 0.1) is 0 Å². The lowest BCUT2D eigenvalue weighted by molar-refractivity contribution is -0.156. The van der Waals surface area contributed by atoms with Crippen LogP contribution >= 0.6 is 0 Å². The van der Waals surface area contributed by atoms with Crippen molar-refractivity contribution in [3.8, 4) is 5.75 Å². The van der Waals surface area contributed by atoms with Gasteiger partial charge in [0.2, 0.25) is 0 Å². The zero-order valence-corrected chi connectivity index (χ0v) is 11.7. The number of amides is 1. The maximum absolute atomic E-state index is 11.6. The molecular weight excluding hydrogens is 258 g/mol.